The molecule has 1 saturated carbocycles. The minimum absolute atomic E-state index is 0.104. The van der Waals surface area contributed by atoms with Crippen LogP contribution in [0.1, 0.15) is 40.6 Å². The van der Waals surface area contributed by atoms with E-state index in [1.807, 2.05) is 0 Å². The first kappa shape index (κ1) is 17.4. The molecule has 0 bridgehead atoms. The fourth-order valence-electron chi connectivity index (χ4n) is 2.74. The zero-order valence-electron chi connectivity index (χ0n) is 14.0. The van der Waals surface area contributed by atoms with Crippen LogP contribution in [-0.2, 0) is 6.54 Å². The number of ether oxygens (including phenoxy) is 1. The second-order valence-electron chi connectivity index (χ2n) is 6.35. The molecule has 0 saturated heterocycles. The second-order valence-corrected chi connectivity index (χ2v) is 6.35. The highest BCUT2D eigenvalue weighted by molar-refractivity contribution is 5.97. The van der Waals surface area contributed by atoms with Crippen molar-refractivity contribution in [2.75, 3.05) is 0 Å². The van der Waals surface area contributed by atoms with Gasteiger partial charge in [-0.15, -0.1) is 13.2 Å². The summed E-state index contributed by atoms with van der Waals surface area (Å²) in [6, 6.07) is 10.6. The molecule has 1 aromatic heterocycles. The molecule has 0 radical (unpaired) electrons. The topological polar surface area (TPSA) is 64.4 Å². The van der Waals surface area contributed by atoms with Gasteiger partial charge in [0.25, 0.3) is 5.91 Å². The number of halogens is 3. The minimum Gasteiger partial charge on any atom is -0.440 e. The van der Waals surface area contributed by atoms with Gasteiger partial charge in [0.2, 0.25) is 0 Å². The maximum Gasteiger partial charge on any atom is 0.573 e. The minimum atomic E-state index is -4.79. The number of benzene rings is 2. The van der Waals surface area contributed by atoms with Crippen LogP contribution in [0.25, 0.3) is 11.1 Å². The molecule has 0 spiro atoms. The summed E-state index contributed by atoms with van der Waals surface area (Å²) in [7, 11) is 0. The van der Waals surface area contributed by atoms with Gasteiger partial charge in [-0.2, -0.15) is 0 Å². The Kier molecular flexibility index (Phi) is 4.25. The number of nitrogens with zero attached hydrogens (tertiary/aromatic N) is 1. The van der Waals surface area contributed by atoms with Crippen molar-refractivity contribution in [3.63, 3.8) is 0 Å². The summed E-state index contributed by atoms with van der Waals surface area (Å²) in [4.78, 5) is 16.8. The number of aromatic nitrogens is 1. The number of fused-ring (bicyclic) bond motifs is 1. The second kappa shape index (κ2) is 6.61. The van der Waals surface area contributed by atoms with Crippen molar-refractivity contribution in [2.24, 2.45) is 0 Å². The van der Waals surface area contributed by atoms with E-state index in [2.05, 4.69) is 15.0 Å². The number of amides is 1. The Hall–Kier alpha value is -3.03. The lowest BCUT2D eigenvalue weighted by atomic mass is 10.1. The molecule has 3 aromatic rings. The Labute approximate surface area is 152 Å². The predicted molar refractivity (Wildman–Crippen MR) is 90.3 cm³/mol. The van der Waals surface area contributed by atoms with Crippen LogP contribution in [0.5, 0.6) is 5.75 Å². The number of alkyl halides is 3. The van der Waals surface area contributed by atoms with Gasteiger partial charge in [-0.3, -0.25) is 4.79 Å². The van der Waals surface area contributed by atoms with E-state index in [4.69, 9.17) is 4.42 Å². The van der Waals surface area contributed by atoms with Crippen LogP contribution in [0.15, 0.2) is 46.9 Å². The summed E-state index contributed by atoms with van der Waals surface area (Å²) >= 11 is 0. The number of nitrogens with one attached hydrogen (secondary N) is 1. The molecule has 5 nitrogen and oxygen atoms in total. The highest BCUT2D eigenvalue weighted by atomic mass is 19.4. The molecule has 0 aliphatic heterocycles. The predicted octanol–water partition coefficient (Wildman–Crippen LogP) is 4.53. The molecule has 1 aliphatic rings. The van der Waals surface area contributed by atoms with Crippen LogP contribution in [-0.4, -0.2) is 17.3 Å². The standard InChI is InChI=1S/C19H15F3N2O3/c20-19(21,22)27-15-4-2-1-3-13(15)10-23-17(25)12-7-8-14-16(9-12)26-18(24-14)11-5-6-11/h1-4,7-9,11H,5-6,10H2,(H,23,25). The highest BCUT2D eigenvalue weighted by Crippen LogP contribution is 2.40. The largest absolute Gasteiger partial charge is 0.573 e. The molecule has 0 unspecified atom stereocenters. The number of oxazole rings is 1. The lowest BCUT2D eigenvalue weighted by Gasteiger charge is -2.13. The highest BCUT2D eigenvalue weighted by Gasteiger charge is 2.32. The van der Waals surface area contributed by atoms with E-state index in [0.717, 1.165) is 12.8 Å². The summed E-state index contributed by atoms with van der Waals surface area (Å²) in [5.41, 5.74) is 1.76. The zero-order valence-corrected chi connectivity index (χ0v) is 14.0. The van der Waals surface area contributed by atoms with Crippen molar-refractivity contribution in [2.45, 2.75) is 31.7 Å². The molecular formula is C19H15F3N2O3. The summed E-state index contributed by atoms with van der Waals surface area (Å²) in [6.45, 7) is -0.104. The molecule has 1 aliphatic carbocycles. The molecule has 8 heteroatoms. The average molecular weight is 376 g/mol. The number of carbonyl (C=O) groups excluding carboxylic acids is 1. The number of rotatable bonds is 5. The fraction of sp³-hybridized carbons (Fsp3) is 0.263. The van der Waals surface area contributed by atoms with E-state index in [-0.39, 0.29) is 17.9 Å². The first-order chi connectivity index (χ1) is 12.9. The number of carbonyl (C=O) groups is 1. The van der Waals surface area contributed by atoms with Crippen LogP contribution in [0.3, 0.4) is 0 Å². The SMILES string of the molecule is O=C(NCc1ccccc1OC(F)(F)F)c1ccc2nc(C3CC3)oc2c1. The molecule has 1 fully saturated rings. The molecule has 0 atom stereocenters. The van der Waals surface area contributed by atoms with Crippen LogP contribution in [0.4, 0.5) is 13.2 Å². The Morgan fingerprint density at radius 2 is 2.00 bits per heavy atom. The maximum atomic E-state index is 12.5. The van der Waals surface area contributed by atoms with E-state index < -0.39 is 12.3 Å². The molecule has 140 valence electrons. The Morgan fingerprint density at radius 3 is 2.74 bits per heavy atom. The first-order valence-corrected chi connectivity index (χ1v) is 8.41. The van der Waals surface area contributed by atoms with E-state index in [0.29, 0.717) is 28.5 Å². The van der Waals surface area contributed by atoms with Gasteiger partial charge in [-0.1, -0.05) is 18.2 Å². The normalized spacial score (nSPS) is 14.3. The van der Waals surface area contributed by atoms with Crippen molar-refractivity contribution < 1.29 is 27.1 Å². The van der Waals surface area contributed by atoms with Crippen molar-refractivity contribution in [3.05, 3.63) is 59.5 Å². The first-order valence-electron chi connectivity index (χ1n) is 8.41. The van der Waals surface area contributed by atoms with Crippen molar-refractivity contribution in [3.8, 4) is 5.75 Å². The average Bonchev–Trinajstić information content (AvgIpc) is 3.38. The third-order valence-electron chi connectivity index (χ3n) is 4.23. The Balaban J connectivity index is 1.47. The van der Waals surface area contributed by atoms with Crippen molar-refractivity contribution in [1.29, 1.82) is 0 Å². The van der Waals surface area contributed by atoms with Gasteiger partial charge in [-0.25, -0.2) is 4.98 Å². The van der Waals surface area contributed by atoms with Crippen LogP contribution < -0.4 is 10.1 Å². The van der Waals surface area contributed by atoms with Crippen LogP contribution in [0, 0.1) is 0 Å². The van der Waals surface area contributed by atoms with E-state index >= 15 is 0 Å². The summed E-state index contributed by atoms with van der Waals surface area (Å²) in [5, 5.41) is 2.60. The third-order valence-corrected chi connectivity index (χ3v) is 4.23. The van der Waals surface area contributed by atoms with Crippen LogP contribution >= 0.6 is 0 Å². The molecule has 1 amide bonds. The fourth-order valence-corrected chi connectivity index (χ4v) is 2.74. The van der Waals surface area contributed by atoms with Crippen LogP contribution in [0.2, 0.25) is 0 Å². The quantitative estimate of drug-likeness (QED) is 0.710. The van der Waals surface area contributed by atoms with E-state index in [9.17, 15) is 18.0 Å². The summed E-state index contributed by atoms with van der Waals surface area (Å²) in [5.74, 6) is 0.272. The van der Waals surface area contributed by atoms with Gasteiger partial charge < -0.3 is 14.5 Å². The third kappa shape index (κ3) is 4.05. The summed E-state index contributed by atoms with van der Waals surface area (Å²) in [6.07, 6.45) is -2.68. The molecule has 4 rings (SSSR count). The molecule has 2 aromatic carbocycles. The van der Waals surface area contributed by atoms with E-state index in [1.54, 1.807) is 24.3 Å². The molecular weight excluding hydrogens is 361 g/mol. The lowest BCUT2D eigenvalue weighted by molar-refractivity contribution is -0.274. The van der Waals surface area contributed by atoms with Gasteiger partial charge in [0.05, 0.1) is 0 Å². The smallest absolute Gasteiger partial charge is 0.440 e. The van der Waals surface area contributed by atoms with Gasteiger partial charge in [0.1, 0.15) is 11.3 Å². The van der Waals surface area contributed by atoms with Gasteiger partial charge >= 0.3 is 6.36 Å². The zero-order chi connectivity index (χ0) is 19.0. The van der Waals surface area contributed by atoms with Crippen molar-refractivity contribution in [1.82, 2.24) is 10.3 Å². The number of hydrogen-bond donors (Lipinski definition) is 1. The Bertz CT molecular complexity index is 993. The number of hydrogen-bond acceptors (Lipinski definition) is 4. The monoisotopic (exact) mass is 376 g/mol. The van der Waals surface area contributed by atoms with Gasteiger partial charge in [0.15, 0.2) is 11.5 Å². The van der Waals surface area contributed by atoms with Gasteiger partial charge in [-0.05, 0) is 37.1 Å². The molecule has 1 N–H and O–H groups in total. The van der Waals surface area contributed by atoms with E-state index in [1.165, 1.54) is 18.2 Å². The molecule has 1 heterocycles. The summed E-state index contributed by atoms with van der Waals surface area (Å²) < 4.78 is 47.1. The van der Waals surface area contributed by atoms with Crippen molar-refractivity contribution >= 4 is 17.0 Å². The number of para-hydroxylation sites is 1. The molecule has 27 heavy (non-hydrogen) atoms. The maximum absolute atomic E-state index is 12.5. The lowest BCUT2D eigenvalue weighted by Crippen LogP contribution is -2.24. The Morgan fingerprint density at radius 1 is 1.22 bits per heavy atom. The van der Waals surface area contributed by atoms with Gasteiger partial charge in [0, 0.05) is 23.6 Å².